The van der Waals surface area contributed by atoms with E-state index in [4.69, 9.17) is 4.74 Å². The molecule has 0 spiro atoms. The van der Waals surface area contributed by atoms with Crippen LogP contribution in [-0.2, 0) is 0 Å². The van der Waals surface area contributed by atoms with Crippen LogP contribution in [0.3, 0.4) is 0 Å². The molecule has 0 bridgehead atoms. The van der Waals surface area contributed by atoms with Gasteiger partial charge in [-0.25, -0.2) is 0 Å². The van der Waals surface area contributed by atoms with Gasteiger partial charge in [0.1, 0.15) is 5.75 Å². The molecule has 2 nitrogen and oxygen atoms in total. The van der Waals surface area contributed by atoms with E-state index in [0.29, 0.717) is 18.1 Å². The Kier molecular flexibility index (Phi) is 4.65. The van der Waals surface area contributed by atoms with E-state index in [-0.39, 0.29) is 0 Å². The molecular weight excluding hydrogens is 222 g/mol. The van der Waals surface area contributed by atoms with E-state index in [1.807, 2.05) is 0 Å². The summed E-state index contributed by atoms with van der Waals surface area (Å²) >= 11 is 0. The Hall–Kier alpha value is -1.02. The summed E-state index contributed by atoms with van der Waals surface area (Å²) in [5, 5.41) is 3.62. The van der Waals surface area contributed by atoms with Crippen LogP contribution in [0.4, 0.5) is 0 Å². The molecule has 1 unspecified atom stereocenters. The second kappa shape index (κ2) is 6.24. The molecule has 2 rings (SSSR count). The molecule has 0 saturated heterocycles. The topological polar surface area (TPSA) is 21.3 Å². The van der Waals surface area contributed by atoms with E-state index in [2.05, 4.69) is 50.4 Å². The van der Waals surface area contributed by atoms with Crippen LogP contribution < -0.4 is 10.1 Å². The van der Waals surface area contributed by atoms with E-state index in [1.165, 1.54) is 24.8 Å². The van der Waals surface area contributed by atoms with Gasteiger partial charge in [-0.2, -0.15) is 0 Å². The van der Waals surface area contributed by atoms with Gasteiger partial charge in [0.05, 0.1) is 6.10 Å². The molecule has 0 radical (unpaired) electrons. The highest BCUT2D eigenvalue weighted by atomic mass is 16.5. The van der Waals surface area contributed by atoms with Crippen molar-refractivity contribution in [2.24, 2.45) is 5.92 Å². The highest BCUT2D eigenvalue weighted by Gasteiger charge is 2.23. The summed E-state index contributed by atoms with van der Waals surface area (Å²) in [5.41, 5.74) is 1.36. The number of ether oxygens (including phenoxy) is 1. The molecule has 1 N–H and O–H groups in total. The lowest BCUT2D eigenvalue weighted by Crippen LogP contribution is -2.26. The van der Waals surface area contributed by atoms with Crippen LogP contribution in [-0.4, -0.2) is 12.6 Å². The zero-order valence-electron chi connectivity index (χ0n) is 11.8. The number of hydrogen-bond acceptors (Lipinski definition) is 2. The Bertz CT molecular complexity index is 354. The third kappa shape index (κ3) is 3.74. The van der Waals surface area contributed by atoms with Crippen molar-refractivity contribution in [3.05, 3.63) is 29.8 Å². The van der Waals surface area contributed by atoms with Gasteiger partial charge in [-0.15, -0.1) is 0 Å². The molecule has 0 aliphatic heterocycles. The first-order valence-electron chi connectivity index (χ1n) is 7.20. The molecule has 2 heteroatoms. The second-order valence-electron chi connectivity index (χ2n) is 5.56. The SMILES string of the molecule is CCCNC(c1ccc(OC2CC2)cc1)C(C)C. The highest BCUT2D eigenvalue weighted by Crippen LogP contribution is 2.28. The van der Waals surface area contributed by atoms with Gasteiger partial charge in [0, 0.05) is 6.04 Å². The van der Waals surface area contributed by atoms with Gasteiger partial charge in [-0.1, -0.05) is 32.9 Å². The standard InChI is InChI=1S/C16H25NO/c1-4-11-17-16(12(2)3)13-5-7-14(8-6-13)18-15-9-10-15/h5-8,12,15-17H,4,9-11H2,1-3H3. The van der Waals surface area contributed by atoms with Gasteiger partial charge < -0.3 is 10.1 Å². The van der Waals surface area contributed by atoms with Crippen molar-refractivity contribution in [2.75, 3.05) is 6.54 Å². The summed E-state index contributed by atoms with van der Waals surface area (Å²) in [6, 6.07) is 9.06. The lowest BCUT2D eigenvalue weighted by Gasteiger charge is -2.23. The highest BCUT2D eigenvalue weighted by molar-refractivity contribution is 5.30. The number of rotatable bonds is 7. The molecule has 1 aromatic carbocycles. The molecular formula is C16H25NO. The molecule has 1 aromatic rings. The Balaban J connectivity index is 1.99. The van der Waals surface area contributed by atoms with Crippen molar-refractivity contribution in [3.63, 3.8) is 0 Å². The van der Waals surface area contributed by atoms with Gasteiger partial charge in [0.25, 0.3) is 0 Å². The molecule has 1 atom stereocenters. The van der Waals surface area contributed by atoms with E-state index < -0.39 is 0 Å². The largest absolute Gasteiger partial charge is 0.490 e. The van der Waals surface area contributed by atoms with Gasteiger partial charge in [-0.3, -0.25) is 0 Å². The second-order valence-corrected chi connectivity index (χ2v) is 5.56. The Morgan fingerprint density at radius 3 is 2.39 bits per heavy atom. The third-order valence-electron chi connectivity index (χ3n) is 3.35. The van der Waals surface area contributed by atoms with Crippen LogP contribution in [0.2, 0.25) is 0 Å². The van der Waals surface area contributed by atoms with E-state index in [0.717, 1.165) is 12.3 Å². The molecule has 0 amide bonds. The third-order valence-corrected chi connectivity index (χ3v) is 3.35. The fourth-order valence-electron chi connectivity index (χ4n) is 2.17. The van der Waals surface area contributed by atoms with Crippen LogP contribution in [0.5, 0.6) is 5.75 Å². The average Bonchev–Trinajstić information content (AvgIpc) is 3.15. The first-order chi connectivity index (χ1) is 8.70. The quantitative estimate of drug-likeness (QED) is 0.788. The van der Waals surface area contributed by atoms with Gasteiger partial charge in [0.2, 0.25) is 0 Å². The summed E-state index contributed by atoms with van der Waals surface area (Å²) in [7, 11) is 0. The zero-order valence-corrected chi connectivity index (χ0v) is 11.8. The maximum atomic E-state index is 5.78. The number of benzene rings is 1. The predicted octanol–water partition coefficient (Wildman–Crippen LogP) is 3.92. The molecule has 0 aromatic heterocycles. The number of nitrogens with one attached hydrogen (secondary N) is 1. The fourth-order valence-corrected chi connectivity index (χ4v) is 2.17. The van der Waals surface area contributed by atoms with Crippen LogP contribution in [0.25, 0.3) is 0 Å². The van der Waals surface area contributed by atoms with Gasteiger partial charge in [-0.05, 0) is 49.4 Å². The molecule has 1 saturated carbocycles. The fraction of sp³-hybridized carbons (Fsp3) is 0.625. The summed E-state index contributed by atoms with van der Waals surface area (Å²) < 4.78 is 5.78. The Labute approximate surface area is 111 Å². The Morgan fingerprint density at radius 2 is 1.89 bits per heavy atom. The minimum absolute atomic E-state index is 0.444. The number of hydrogen-bond donors (Lipinski definition) is 1. The van der Waals surface area contributed by atoms with Crippen molar-refractivity contribution in [3.8, 4) is 5.75 Å². The van der Waals surface area contributed by atoms with Crippen molar-refractivity contribution in [1.82, 2.24) is 5.32 Å². The lowest BCUT2D eigenvalue weighted by atomic mass is 9.96. The Morgan fingerprint density at radius 1 is 1.22 bits per heavy atom. The van der Waals surface area contributed by atoms with Gasteiger partial charge in [0.15, 0.2) is 0 Å². The van der Waals surface area contributed by atoms with E-state index in [9.17, 15) is 0 Å². The van der Waals surface area contributed by atoms with E-state index in [1.54, 1.807) is 0 Å². The van der Waals surface area contributed by atoms with Gasteiger partial charge >= 0.3 is 0 Å². The van der Waals surface area contributed by atoms with Crippen molar-refractivity contribution in [2.45, 2.75) is 52.2 Å². The summed E-state index contributed by atoms with van der Waals surface area (Å²) in [6.07, 6.45) is 4.09. The predicted molar refractivity (Wildman–Crippen MR) is 76.0 cm³/mol. The molecule has 100 valence electrons. The van der Waals surface area contributed by atoms with Crippen LogP contribution in [0, 0.1) is 5.92 Å². The van der Waals surface area contributed by atoms with Crippen molar-refractivity contribution < 1.29 is 4.74 Å². The van der Waals surface area contributed by atoms with Crippen molar-refractivity contribution >= 4 is 0 Å². The normalized spacial score (nSPS) is 16.9. The summed E-state index contributed by atoms with van der Waals surface area (Å²) in [6.45, 7) is 7.81. The maximum absolute atomic E-state index is 5.78. The first-order valence-corrected chi connectivity index (χ1v) is 7.20. The van der Waals surface area contributed by atoms with Crippen LogP contribution >= 0.6 is 0 Å². The first kappa shape index (κ1) is 13.4. The molecule has 18 heavy (non-hydrogen) atoms. The molecule has 0 heterocycles. The minimum atomic E-state index is 0.444. The molecule has 1 fully saturated rings. The van der Waals surface area contributed by atoms with Crippen LogP contribution in [0.15, 0.2) is 24.3 Å². The zero-order chi connectivity index (χ0) is 13.0. The lowest BCUT2D eigenvalue weighted by molar-refractivity contribution is 0.303. The minimum Gasteiger partial charge on any atom is -0.490 e. The average molecular weight is 247 g/mol. The summed E-state index contributed by atoms with van der Waals surface area (Å²) in [5.74, 6) is 1.62. The van der Waals surface area contributed by atoms with Crippen LogP contribution in [0.1, 0.15) is 51.6 Å². The monoisotopic (exact) mass is 247 g/mol. The molecule has 1 aliphatic carbocycles. The molecule has 1 aliphatic rings. The smallest absolute Gasteiger partial charge is 0.119 e. The van der Waals surface area contributed by atoms with E-state index >= 15 is 0 Å². The maximum Gasteiger partial charge on any atom is 0.119 e. The summed E-state index contributed by atoms with van der Waals surface area (Å²) in [4.78, 5) is 0. The van der Waals surface area contributed by atoms with Crippen molar-refractivity contribution in [1.29, 1.82) is 0 Å².